The van der Waals surface area contributed by atoms with E-state index in [1.807, 2.05) is 13.8 Å². The summed E-state index contributed by atoms with van der Waals surface area (Å²) in [6.07, 6.45) is 4.99. The van der Waals surface area contributed by atoms with Crippen LogP contribution in [0.1, 0.15) is 53.4 Å². The summed E-state index contributed by atoms with van der Waals surface area (Å²) in [4.78, 5) is 0. The summed E-state index contributed by atoms with van der Waals surface area (Å²) in [7, 11) is 0. The summed E-state index contributed by atoms with van der Waals surface area (Å²) >= 11 is 0. The van der Waals surface area contributed by atoms with Gasteiger partial charge in [0.1, 0.15) is 0 Å². The zero-order chi connectivity index (χ0) is 13.6. The quantitative estimate of drug-likeness (QED) is 0.713. The first kappa shape index (κ1) is 15.9. The molecule has 1 saturated carbocycles. The minimum absolute atomic E-state index is 0.0776. The summed E-state index contributed by atoms with van der Waals surface area (Å²) in [5.41, 5.74) is 5.86. The molecular weight excluding hydrogens is 226 g/mol. The molecule has 1 fully saturated rings. The molecule has 2 N–H and O–H groups in total. The summed E-state index contributed by atoms with van der Waals surface area (Å²) in [6, 6.07) is 0. The SMILES string of the molecule is CC(C)OCCOC1(CN)CCC(C(C)C)CC1. The van der Waals surface area contributed by atoms with Crippen LogP contribution in [0.5, 0.6) is 0 Å². The highest BCUT2D eigenvalue weighted by Gasteiger charge is 2.35. The molecule has 0 heterocycles. The van der Waals surface area contributed by atoms with Crippen molar-refractivity contribution in [1.29, 1.82) is 0 Å². The van der Waals surface area contributed by atoms with Gasteiger partial charge >= 0.3 is 0 Å². The van der Waals surface area contributed by atoms with Crippen LogP contribution < -0.4 is 5.73 Å². The van der Waals surface area contributed by atoms with Crippen molar-refractivity contribution in [3.05, 3.63) is 0 Å². The van der Waals surface area contributed by atoms with Gasteiger partial charge in [0.25, 0.3) is 0 Å². The van der Waals surface area contributed by atoms with Gasteiger partial charge in [-0.1, -0.05) is 13.8 Å². The molecule has 0 aromatic rings. The Hall–Kier alpha value is -0.120. The molecule has 0 spiro atoms. The van der Waals surface area contributed by atoms with E-state index < -0.39 is 0 Å². The third kappa shape index (κ3) is 4.87. The van der Waals surface area contributed by atoms with Gasteiger partial charge in [0.05, 0.1) is 24.9 Å². The van der Waals surface area contributed by atoms with Crippen molar-refractivity contribution < 1.29 is 9.47 Å². The lowest BCUT2D eigenvalue weighted by Crippen LogP contribution is -2.45. The van der Waals surface area contributed by atoms with Crippen molar-refractivity contribution in [1.82, 2.24) is 0 Å². The molecule has 0 amide bonds. The topological polar surface area (TPSA) is 44.5 Å². The highest BCUT2D eigenvalue weighted by molar-refractivity contribution is 4.89. The van der Waals surface area contributed by atoms with Gasteiger partial charge in [-0.3, -0.25) is 0 Å². The van der Waals surface area contributed by atoms with E-state index in [-0.39, 0.29) is 11.7 Å². The van der Waals surface area contributed by atoms with Gasteiger partial charge in [-0.2, -0.15) is 0 Å². The first-order chi connectivity index (χ1) is 8.49. The van der Waals surface area contributed by atoms with Crippen molar-refractivity contribution in [3.63, 3.8) is 0 Å². The van der Waals surface area contributed by atoms with E-state index in [1.54, 1.807) is 0 Å². The maximum absolute atomic E-state index is 6.05. The normalized spacial score (nSPS) is 29.2. The number of ether oxygens (including phenoxy) is 2. The van der Waals surface area contributed by atoms with Crippen LogP contribution in [0.15, 0.2) is 0 Å². The Labute approximate surface area is 112 Å². The first-order valence-corrected chi connectivity index (χ1v) is 7.45. The van der Waals surface area contributed by atoms with Gasteiger partial charge < -0.3 is 15.2 Å². The molecule has 0 radical (unpaired) electrons. The van der Waals surface area contributed by atoms with Gasteiger partial charge in [0.2, 0.25) is 0 Å². The fourth-order valence-corrected chi connectivity index (χ4v) is 2.78. The molecule has 0 unspecified atom stereocenters. The molecule has 0 aromatic heterocycles. The lowest BCUT2D eigenvalue weighted by atomic mass is 9.74. The molecule has 0 aromatic carbocycles. The molecule has 0 saturated heterocycles. The molecule has 3 nitrogen and oxygen atoms in total. The maximum Gasteiger partial charge on any atom is 0.0805 e. The second-order valence-corrected chi connectivity index (χ2v) is 6.24. The van der Waals surface area contributed by atoms with Crippen LogP contribution >= 0.6 is 0 Å². The average Bonchev–Trinajstić information content (AvgIpc) is 2.35. The van der Waals surface area contributed by atoms with Crippen molar-refractivity contribution in [2.75, 3.05) is 19.8 Å². The average molecular weight is 257 g/mol. The second kappa shape index (κ2) is 7.46. The van der Waals surface area contributed by atoms with Crippen LogP contribution in [-0.4, -0.2) is 31.5 Å². The Morgan fingerprint density at radius 1 is 1.11 bits per heavy atom. The third-order valence-corrected chi connectivity index (χ3v) is 4.20. The van der Waals surface area contributed by atoms with Crippen molar-refractivity contribution in [2.24, 2.45) is 17.6 Å². The molecule has 0 aliphatic heterocycles. The van der Waals surface area contributed by atoms with Crippen LogP contribution in [0.2, 0.25) is 0 Å². The third-order valence-electron chi connectivity index (χ3n) is 4.20. The first-order valence-electron chi connectivity index (χ1n) is 7.45. The predicted molar refractivity (Wildman–Crippen MR) is 75.6 cm³/mol. The molecule has 1 aliphatic rings. The highest BCUT2D eigenvalue weighted by Crippen LogP contribution is 2.37. The van der Waals surface area contributed by atoms with Gasteiger partial charge in [0.15, 0.2) is 0 Å². The largest absolute Gasteiger partial charge is 0.376 e. The van der Waals surface area contributed by atoms with Crippen molar-refractivity contribution >= 4 is 0 Å². The molecular formula is C15H31NO2. The van der Waals surface area contributed by atoms with E-state index in [4.69, 9.17) is 15.2 Å². The summed E-state index contributed by atoms with van der Waals surface area (Å²) in [6.45, 7) is 10.7. The van der Waals surface area contributed by atoms with E-state index in [9.17, 15) is 0 Å². The monoisotopic (exact) mass is 257 g/mol. The molecule has 0 atom stereocenters. The van der Waals surface area contributed by atoms with Crippen LogP contribution in [-0.2, 0) is 9.47 Å². The van der Waals surface area contributed by atoms with E-state index >= 15 is 0 Å². The summed E-state index contributed by atoms with van der Waals surface area (Å²) in [5.74, 6) is 1.63. The molecule has 3 heteroatoms. The van der Waals surface area contributed by atoms with Crippen LogP contribution in [0, 0.1) is 11.8 Å². The van der Waals surface area contributed by atoms with Crippen LogP contribution in [0.3, 0.4) is 0 Å². The molecule has 108 valence electrons. The minimum Gasteiger partial charge on any atom is -0.376 e. The zero-order valence-corrected chi connectivity index (χ0v) is 12.6. The number of nitrogens with two attached hydrogens (primary N) is 1. The Bertz CT molecular complexity index is 221. The fraction of sp³-hybridized carbons (Fsp3) is 1.00. The zero-order valence-electron chi connectivity index (χ0n) is 12.6. The summed E-state index contributed by atoms with van der Waals surface area (Å²) in [5, 5.41) is 0. The predicted octanol–water partition coefficient (Wildman–Crippen LogP) is 2.97. The molecule has 1 aliphatic carbocycles. The van der Waals surface area contributed by atoms with Crippen molar-refractivity contribution in [2.45, 2.75) is 65.1 Å². The Kier molecular flexibility index (Phi) is 6.61. The second-order valence-electron chi connectivity index (χ2n) is 6.24. The highest BCUT2D eigenvalue weighted by atomic mass is 16.5. The maximum atomic E-state index is 6.05. The summed E-state index contributed by atoms with van der Waals surface area (Å²) < 4.78 is 11.6. The van der Waals surface area contributed by atoms with E-state index in [2.05, 4.69) is 13.8 Å². The van der Waals surface area contributed by atoms with Gasteiger partial charge in [0, 0.05) is 6.54 Å². The minimum atomic E-state index is -0.0776. The van der Waals surface area contributed by atoms with E-state index in [1.165, 1.54) is 12.8 Å². The smallest absolute Gasteiger partial charge is 0.0805 e. The molecule has 18 heavy (non-hydrogen) atoms. The Morgan fingerprint density at radius 3 is 2.17 bits per heavy atom. The number of hydrogen-bond acceptors (Lipinski definition) is 3. The van der Waals surface area contributed by atoms with Gasteiger partial charge in [-0.25, -0.2) is 0 Å². The van der Waals surface area contributed by atoms with Gasteiger partial charge in [-0.05, 0) is 51.4 Å². The van der Waals surface area contributed by atoms with Crippen LogP contribution in [0.25, 0.3) is 0 Å². The van der Waals surface area contributed by atoms with E-state index in [0.717, 1.165) is 24.7 Å². The lowest BCUT2D eigenvalue weighted by molar-refractivity contribution is -0.0957. The lowest BCUT2D eigenvalue weighted by Gasteiger charge is -2.40. The number of rotatable bonds is 7. The molecule has 1 rings (SSSR count). The van der Waals surface area contributed by atoms with E-state index in [0.29, 0.717) is 19.8 Å². The van der Waals surface area contributed by atoms with Crippen LogP contribution in [0.4, 0.5) is 0 Å². The van der Waals surface area contributed by atoms with Gasteiger partial charge in [-0.15, -0.1) is 0 Å². The Balaban J connectivity index is 2.31. The molecule has 0 bridgehead atoms. The Morgan fingerprint density at radius 2 is 1.72 bits per heavy atom. The fourth-order valence-electron chi connectivity index (χ4n) is 2.78. The van der Waals surface area contributed by atoms with Crippen molar-refractivity contribution in [3.8, 4) is 0 Å². The standard InChI is InChI=1S/C15H31NO2/c1-12(2)14-5-7-15(11-16,8-6-14)18-10-9-17-13(3)4/h12-14H,5-11,16H2,1-4H3. The number of hydrogen-bond donors (Lipinski definition) is 1.